The first kappa shape index (κ1) is 20.6. The minimum atomic E-state index is -1.82. The van der Waals surface area contributed by atoms with Crippen LogP contribution in [0.25, 0.3) is 0 Å². The largest absolute Gasteiger partial charge is 0.493 e. The molecule has 3 N–H and O–H groups in total. The maximum Gasteiger partial charge on any atom is 0.414 e. The van der Waals surface area contributed by atoms with Crippen LogP contribution in [0.1, 0.15) is 24.0 Å². The van der Waals surface area contributed by atoms with E-state index in [1.54, 1.807) is 21.3 Å². The smallest absolute Gasteiger partial charge is 0.414 e. The zero-order valence-electron chi connectivity index (χ0n) is 14.9. The van der Waals surface area contributed by atoms with Gasteiger partial charge in [-0.2, -0.15) is 0 Å². The summed E-state index contributed by atoms with van der Waals surface area (Å²) in [5.41, 5.74) is 2.56. The number of carboxylic acid groups (broad SMARTS) is 2. The molecule has 8 heteroatoms. The van der Waals surface area contributed by atoms with E-state index in [0.717, 1.165) is 24.3 Å². The predicted octanol–water partition coefficient (Wildman–Crippen LogP) is 1.33. The summed E-state index contributed by atoms with van der Waals surface area (Å²) in [5.74, 6) is -1.38. The molecule has 0 aromatic heterocycles. The second-order valence-corrected chi connectivity index (χ2v) is 5.48. The van der Waals surface area contributed by atoms with Crippen molar-refractivity contribution in [2.45, 2.75) is 31.7 Å². The van der Waals surface area contributed by atoms with Crippen LogP contribution in [-0.4, -0.2) is 56.6 Å². The first-order chi connectivity index (χ1) is 11.9. The number of aryl methyl sites for hydroxylation is 1. The molecule has 0 fully saturated rings. The fraction of sp³-hybridized carbons (Fsp3) is 0.529. The van der Waals surface area contributed by atoms with Gasteiger partial charge in [0.2, 0.25) is 5.75 Å². The third-order valence-corrected chi connectivity index (χ3v) is 4.07. The number of carbonyl (C=O) groups is 2. The minimum Gasteiger partial charge on any atom is -0.493 e. The number of methoxy groups -OCH3 is 3. The molecule has 0 heterocycles. The van der Waals surface area contributed by atoms with Crippen LogP contribution in [0.5, 0.6) is 17.2 Å². The molecule has 0 aliphatic heterocycles. The third kappa shape index (κ3) is 5.25. The molecular formula is C17H25NO7. The zero-order valence-corrected chi connectivity index (χ0v) is 14.9. The quantitative estimate of drug-likeness (QED) is 0.547. The van der Waals surface area contributed by atoms with Gasteiger partial charge < -0.3 is 29.7 Å². The number of benzene rings is 1. The average molecular weight is 355 g/mol. The molecule has 0 saturated heterocycles. The molecule has 0 spiro atoms. The van der Waals surface area contributed by atoms with Gasteiger partial charge in [-0.15, -0.1) is 0 Å². The Morgan fingerprint density at radius 2 is 1.68 bits per heavy atom. The van der Waals surface area contributed by atoms with E-state index in [4.69, 9.17) is 34.0 Å². The van der Waals surface area contributed by atoms with Crippen LogP contribution >= 0.6 is 0 Å². The van der Waals surface area contributed by atoms with E-state index in [1.807, 2.05) is 7.05 Å². The van der Waals surface area contributed by atoms with Crippen LogP contribution in [0, 0.1) is 0 Å². The van der Waals surface area contributed by atoms with Gasteiger partial charge in [0.25, 0.3) is 0 Å². The van der Waals surface area contributed by atoms with Crippen LogP contribution in [0.3, 0.4) is 0 Å². The van der Waals surface area contributed by atoms with Gasteiger partial charge in [0, 0.05) is 11.6 Å². The Morgan fingerprint density at radius 3 is 2.12 bits per heavy atom. The number of carboxylic acids is 2. The van der Waals surface area contributed by atoms with E-state index in [9.17, 15) is 0 Å². The van der Waals surface area contributed by atoms with Crippen molar-refractivity contribution < 1.29 is 34.0 Å². The average Bonchev–Trinajstić information content (AvgIpc) is 2.81. The number of hydrogen-bond acceptors (Lipinski definition) is 6. The van der Waals surface area contributed by atoms with E-state index in [2.05, 4.69) is 11.4 Å². The minimum absolute atomic E-state index is 0.494. The van der Waals surface area contributed by atoms with Gasteiger partial charge in [-0.1, -0.05) is 0 Å². The highest BCUT2D eigenvalue weighted by Gasteiger charge is 2.24. The van der Waals surface area contributed by atoms with Crippen LogP contribution in [0.4, 0.5) is 0 Å². The summed E-state index contributed by atoms with van der Waals surface area (Å²) in [6.07, 6.45) is 4.38. The van der Waals surface area contributed by atoms with Crippen molar-refractivity contribution in [3.8, 4) is 17.2 Å². The highest BCUT2D eigenvalue weighted by Crippen LogP contribution is 2.43. The summed E-state index contributed by atoms with van der Waals surface area (Å²) < 4.78 is 16.5. The molecule has 1 unspecified atom stereocenters. The van der Waals surface area contributed by atoms with Crippen molar-refractivity contribution in [1.82, 2.24) is 5.32 Å². The zero-order chi connectivity index (χ0) is 19.0. The molecule has 1 aromatic carbocycles. The van der Waals surface area contributed by atoms with Gasteiger partial charge in [0.05, 0.1) is 21.3 Å². The van der Waals surface area contributed by atoms with Gasteiger partial charge in [0.1, 0.15) is 0 Å². The lowest BCUT2D eigenvalue weighted by molar-refractivity contribution is -0.159. The Bertz CT molecular complexity index is 604. The number of ether oxygens (including phenoxy) is 3. The molecule has 8 nitrogen and oxygen atoms in total. The van der Waals surface area contributed by atoms with Gasteiger partial charge in [0.15, 0.2) is 11.5 Å². The fourth-order valence-electron chi connectivity index (χ4n) is 2.85. The lowest BCUT2D eigenvalue weighted by Gasteiger charge is -2.20. The molecule has 1 atom stereocenters. The van der Waals surface area contributed by atoms with Crippen molar-refractivity contribution in [1.29, 1.82) is 0 Å². The van der Waals surface area contributed by atoms with Crippen LogP contribution < -0.4 is 19.5 Å². The maximum atomic E-state index is 9.10. The Balaban J connectivity index is 0.000000450. The van der Waals surface area contributed by atoms with E-state index in [1.165, 1.54) is 24.0 Å². The van der Waals surface area contributed by atoms with E-state index in [0.29, 0.717) is 11.8 Å². The lowest BCUT2D eigenvalue weighted by Crippen LogP contribution is -2.26. The third-order valence-electron chi connectivity index (χ3n) is 4.07. The van der Waals surface area contributed by atoms with Gasteiger partial charge in [-0.3, -0.25) is 0 Å². The summed E-state index contributed by atoms with van der Waals surface area (Å²) in [6.45, 7) is 0. The van der Waals surface area contributed by atoms with Crippen molar-refractivity contribution in [2.24, 2.45) is 0 Å². The molecule has 0 saturated carbocycles. The number of rotatable bonds is 4. The van der Waals surface area contributed by atoms with Gasteiger partial charge >= 0.3 is 11.9 Å². The molecular weight excluding hydrogens is 330 g/mol. The van der Waals surface area contributed by atoms with E-state index in [-0.39, 0.29) is 0 Å². The van der Waals surface area contributed by atoms with Crippen LogP contribution in [0.15, 0.2) is 6.07 Å². The monoisotopic (exact) mass is 355 g/mol. The second kappa shape index (κ2) is 9.73. The van der Waals surface area contributed by atoms with Gasteiger partial charge in [-0.25, -0.2) is 9.59 Å². The predicted molar refractivity (Wildman–Crippen MR) is 90.9 cm³/mol. The number of nitrogens with one attached hydrogen (secondary N) is 1. The summed E-state index contributed by atoms with van der Waals surface area (Å²) in [7, 11) is 7.02. The summed E-state index contributed by atoms with van der Waals surface area (Å²) >= 11 is 0. The molecule has 1 aliphatic rings. The topological polar surface area (TPSA) is 114 Å². The Hall–Kier alpha value is -2.48. The standard InChI is InChI=1S/C15H23NO3.C2H2O4/c1-16-11-7-5-6-10-8-13(17-2)15(19-4)14(18-3)12(10)9-11;3-1(4)2(5)6/h8,11,16H,5-7,9H2,1-4H3;(H,3,4)(H,5,6). The van der Waals surface area contributed by atoms with Crippen molar-refractivity contribution in [3.63, 3.8) is 0 Å². The Kier molecular flexibility index (Phi) is 8.00. The molecule has 2 rings (SSSR count). The fourth-order valence-corrected chi connectivity index (χ4v) is 2.85. The normalized spacial score (nSPS) is 15.8. The van der Waals surface area contributed by atoms with Crippen LogP contribution in [0.2, 0.25) is 0 Å². The Morgan fingerprint density at radius 1 is 1.08 bits per heavy atom. The number of fused-ring (bicyclic) bond motifs is 1. The van der Waals surface area contributed by atoms with Gasteiger partial charge in [-0.05, 0) is 44.4 Å². The Labute approximate surface area is 146 Å². The van der Waals surface area contributed by atoms with Crippen molar-refractivity contribution in [3.05, 3.63) is 17.2 Å². The van der Waals surface area contributed by atoms with Crippen molar-refractivity contribution in [2.75, 3.05) is 28.4 Å². The first-order valence-corrected chi connectivity index (χ1v) is 7.83. The molecule has 140 valence electrons. The van der Waals surface area contributed by atoms with Crippen molar-refractivity contribution >= 4 is 11.9 Å². The number of hydrogen-bond donors (Lipinski definition) is 3. The highest BCUT2D eigenvalue weighted by atomic mass is 16.5. The molecule has 1 aromatic rings. The summed E-state index contributed by atoms with van der Waals surface area (Å²) in [5, 5.41) is 18.2. The lowest BCUT2D eigenvalue weighted by atomic mass is 9.99. The first-order valence-electron chi connectivity index (χ1n) is 7.83. The van der Waals surface area contributed by atoms with E-state index >= 15 is 0 Å². The molecule has 0 radical (unpaired) electrons. The van der Waals surface area contributed by atoms with E-state index < -0.39 is 11.9 Å². The SMILES string of the molecule is CNC1CCCc2cc(OC)c(OC)c(OC)c2C1.O=C(O)C(=O)O. The molecule has 25 heavy (non-hydrogen) atoms. The summed E-state index contributed by atoms with van der Waals surface area (Å²) in [4.78, 5) is 18.2. The molecule has 1 aliphatic carbocycles. The van der Waals surface area contributed by atoms with Crippen LogP contribution in [-0.2, 0) is 22.4 Å². The molecule has 0 bridgehead atoms. The maximum absolute atomic E-state index is 9.10. The highest BCUT2D eigenvalue weighted by molar-refractivity contribution is 6.27. The number of likely N-dealkylation sites (N-methyl/N-ethyl adjacent to an activating group) is 1. The summed E-state index contributed by atoms with van der Waals surface area (Å²) in [6, 6.07) is 2.59. The number of aliphatic carboxylic acids is 2. The molecule has 0 amide bonds. The second-order valence-electron chi connectivity index (χ2n) is 5.48.